The Bertz CT molecular complexity index is 1190. The summed E-state index contributed by atoms with van der Waals surface area (Å²) in [6.45, 7) is 5.26. The van der Waals surface area contributed by atoms with E-state index >= 15 is 0 Å². The second-order valence-electron chi connectivity index (χ2n) is 7.90. The molecule has 0 aliphatic heterocycles. The average Bonchev–Trinajstić information content (AvgIpc) is 2.85. The number of para-hydroxylation sites is 1. The summed E-state index contributed by atoms with van der Waals surface area (Å²) in [4.78, 5) is 41.7. The lowest BCUT2D eigenvalue weighted by Gasteiger charge is -2.14. The quantitative estimate of drug-likeness (QED) is 0.193. The van der Waals surface area contributed by atoms with Crippen LogP contribution in [0.25, 0.3) is 10.9 Å². The van der Waals surface area contributed by atoms with Crippen LogP contribution in [0.2, 0.25) is 0 Å². The van der Waals surface area contributed by atoms with Gasteiger partial charge < -0.3 is 14.8 Å². The Morgan fingerprint density at radius 3 is 2.56 bits per heavy atom. The molecule has 0 atom stereocenters. The van der Waals surface area contributed by atoms with Gasteiger partial charge in [0.2, 0.25) is 5.91 Å². The summed E-state index contributed by atoms with van der Waals surface area (Å²) >= 11 is 1.23. The van der Waals surface area contributed by atoms with Crippen LogP contribution in [0, 0.1) is 0 Å². The van der Waals surface area contributed by atoms with Crippen LogP contribution >= 0.6 is 11.8 Å². The molecule has 180 valence electrons. The van der Waals surface area contributed by atoms with E-state index in [4.69, 9.17) is 4.74 Å². The fraction of sp³-hybridized carbons (Fsp3) is 0.360. The highest BCUT2D eigenvalue weighted by molar-refractivity contribution is 7.99. The number of hydrogen-bond acceptors (Lipinski definition) is 7. The standard InChI is InChI=1S/C25H29N3O5S/c1-17(2)33-14-6-13-28-23(30)20-7-4-5-8-21(20)27-25(28)34-16-22(29)26-15-18-9-11-19(12-10-18)24(31)32-3/h4-5,7-12,17H,6,13-16H2,1-3H3,(H,26,29). The van der Waals surface area contributed by atoms with Crippen LogP contribution in [0.15, 0.2) is 58.5 Å². The monoisotopic (exact) mass is 483 g/mol. The zero-order valence-electron chi connectivity index (χ0n) is 19.6. The summed E-state index contributed by atoms with van der Waals surface area (Å²) in [5.41, 5.74) is 1.80. The van der Waals surface area contributed by atoms with E-state index in [0.29, 0.717) is 47.7 Å². The number of carbonyl (C=O) groups is 2. The van der Waals surface area contributed by atoms with Gasteiger partial charge in [-0.15, -0.1) is 0 Å². The van der Waals surface area contributed by atoms with E-state index < -0.39 is 5.97 Å². The van der Waals surface area contributed by atoms with Gasteiger partial charge in [-0.1, -0.05) is 36.0 Å². The minimum atomic E-state index is -0.406. The number of aromatic nitrogens is 2. The lowest BCUT2D eigenvalue weighted by Crippen LogP contribution is -2.27. The van der Waals surface area contributed by atoms with Crippen molar-refractivity contribution in [3.63, 3.8) is 0 Å². The number of benzene rings is 2. The van der Waals surface area contributed by atoms with Crippen LogP contribution in [-0.2, 0) is 27.4 Å². The van der Waals surface area contributed by atoms with Crippen molar-refractivity contribution in [3.8, 4) is 0 Å². The summed E-state index contributed by atoms with van der Waals surface area (Å²) in [5, 5.41) is 3.91. The number of methoxy groups -OCH3 is 1. The SMILES string of the molecule is COC(=O)c1ccc(CNC(=O)CSc2nc3ccccc3c(=O)n2CCCOC(C)C)cc1. The summed E-state index contributed by atoms with van der Waals surface area (Å²) in [6.07, 6.45) is 0.792. The van der Waals surface area contributed by atoms with Gasteiger partial charge in [0.1, 0.15) is 0 Å². The molecule has 0 saturated carbocycles. The van der Waals surface area contributed by atoms with Gasteiger partial charge in [0.25, 0.3) is 5.56 Å². The first-order valence-electron chi connectivity index (χ1n) is 11.1. The van der Waals surface area contributed by atoms with E-state index in [9.17, 15) is 14.4 Å². The average molecular weight is 484 g/mol. The summed E-state index contributed by atoms with van der Waals surface area (Å²) in [5.74, 6) is -0.469. The van der Waals surface area contributed by atoms with Crippen LogP contribution in [0.4, 0.5) is 0 Å². The first-order chi connectivity index (χ1) is 16.4. The van der Waals surface area contributed by atoms with Gasteiger partial charge in [0.05, 0.1) is 35.4 Å². The molecule has 0 saturated heterocycles. The molecule has 1 amide bonds. The number of nitrogens with one attached hydrogen (secondary N) is 1. The molecule has 8 nitrogen and oxygen atoms in total. The van der Waals surface area contributed by atoms with Gasteiger partial charge in [-0.2, -0.15) is 0 Å². The first kappa shape index (κ1) is 25.5. The molecule has 1 heterocycles. The molecule has 34 heavy (non-hydrogen) atoms. The molecule has 0 unspecified atom stereocenters. The molecule has 9 heteroatoms. The number of esters is 1. The number of amides is 1. The van der Waals surface area contributed by atoms with Crippen molar-refractivity contribution in [2.45, 2.75) is 44.6 Å². The fourth-order valence-electron chi connectivity index (χ4n) is 3.26. The van der Waals surface area contributed by atoms with Gasteiger partial charge >= 0.3 is 5.97 Å². The Balaban J connectivity index is 1.64. The number of nitrogens with zero attached hydrogens (tertiary/aromatic N) is 2. The number of fused-ring (bicyclic) bond motifs is 1. The minimum Gasteiger partial charge on any atom is -0.465 e. The van der Waals surface area contributed by atoms with E-state index in [2.05, 4.69) is 15.0 Å². The zero-order chi connectivity index (χ0) is 24.5. The van der Waals surface area contributed by atoms with E-state index in [1.165, 1.54) is 18.9 Å². The normalized spacial score (nSPS) is 11.1. The highest BCUT2D eigenvalue weighted by Crippen LogP contribution is 2.18. The Hall–Kier alpha value is -3.17. The Labute approximate surface area is 202 Å². The topological polar surface area (TPSA) is 99.5 Å². The predicted molar refractivity (Wildman–Crippen MR) is 132 cm³/mol. The fourth-order valence-corrected chi connectivity index (χ4v) is 4.11. The van der Waals surface area contributed by atoms with Crippen molar-refractivity contribution in [2.75, 3.05) is 19.5 Å². The Kier molecular flexibility index (Phi) is 9.24. The van der Waals surface area contributed by atoms with Gasteiger partial charge in [0.15, 0.2) is 5.16 Å². The van der Waals surface area contributed by atoms with Gasteiger partial charge in [-0.3, -0.25) is 14.2 Å². The van der Waals surface area contributed by atoms with Crippen molar-refractivity contribution >= 4 is 34.5 Å². The molecule has 0 radical (unpaired) electrons. The molecular weight excluding hydrogens is 454 g/mol. The number of ether oxygens (including phenoxy) is 2. The molecule has 3 rings (SSSR count). The largest absolute Gasteiger partial charge is 0.465 e. The van der Waals surface area contributed by atoms with E-state index in [1.54, 1.807) is 41.0 Å². The Morgan fingerprint density at radius 2 is 1.85 bits per heavy atom. The van der Waals surface area contributed by atoms with Crippen molar-refractivity contribution in [2.24, 2.45) is 0 Å². The summed E-state index contributed by atoms with van der Waals surface area (Å²) in [6, 6.07) is 14.1. The lowest BCUT2D eigenvalue weighted by molar-refractivity contribution is -0.118. The highest BCUT2D eigenvalue weighted by Gasteiger charge is 2.13. The maximum absolute atomic E-state index is 13.1. The number of thioether (sulfide) groups is 1. The van der Waals surface area contributed by atoms with Gasteiger partial charge in [0, 0.05) is 19.7 Å². The second kappa shape index (κ2) is 12.3. The third-order valence-corrected chi connectivity index (χ3v) is 5.98. The molecule has 3 aromatic rings. The maximum Gasteiger partial charge on any atom is 0.337 e. The van der Waals surface area contributed by atoms with E-state index in [0.717, 1.165) is 5.56 Å². The molecule has 1 aromatic heterocycles. The minimum absolute atomic E-state index is 0.119. The van der Waals surface area contributed by atoms with Crippen LogP contribution in [0.5, 0.6) is 0 Å². The molecule has 0 bridgehead atoms. The molecule has 0 spiro atoms. The van der Waals surface area contributed by atoms with Crippen LogP contribution in [0.3, 0.4) is 0 Å². The van der Waals surface area contributed by atoms with E-state index in [1.807, 2.05) is 26.0 Å². The van der Waals surface area contributed by atoms with Gasteiger partial charge in [-0.25, -0.2) is 9.78 Å². The molecule has 1 N–H and O–H groups in total. The molecule has 0 aliphatic carbocycles. The smallest absolute Gasteiger partial charge is 0.337 e. The number of rotatable bonds is 11. The summed E-state index contributed by atoms with van der Waals surface area (Å²) < 4.78 is 11.9. The van der Waals surface area contributed by atoms with Crippen LogP contribution < -0.4 is 10.9 Å². The molecule has 0 aliphatic rings. The first-order valence-corrected chi connectivity index (χ1v) is 12.1. The second-order valence-corrected chi connectivity index (χ2v) is 8.84. The summed E-state index contributed by atoms with van der Waals surface area (Å²) in [7, 11) is 1.33. The van der Waals surface area contributed by atoms with Crippen molar-refractivity contribution in [3.05, 3.63) is 70.0 Å². The van der Waals surface area contributed by atoms with Crippen LogP contribution in [0.1, 0.15) is 36.2 Å². The lowest BCUT2D eigenvalue weighted by atomic mass is 10.1. The van der Waals surface area contributed by atoms with Crippen LogP contribution in [-0.4, -0.2) is 47.0 Å². The maximum atomic E-state index is 13.1. The molecule has 2 aromatic carbocycles. The molecule has 0 fully saturated rings. The highest BCUT2D eigenvalue weighted by atomic mass is 32.2. The third kappa shape index (κ3) is 6.91. The number of carbonyl (C=O) groups excluding carboxylic acids is 2. The number of hydrogen-bond donors (Lipinski definition) is 1. The zero-order valence-corrected chi connectivity index (χ0v) is 20.4. The third-order valence-electron chi connectivity index (χ3n) is 5.00. The predicted octanol–water partition coefficient (Wildman–Crippen LogP) is 3.41. The van der Waals surface area contributed by atoms with Crippen molar-refractivity contribution in [1.29, 1.82) is 0 Å². The molecular formula is C25H29N3O5S. The Morgan fingerprint density at radius 1 is 1.12 bits per heavy atom. The van der Waals surface area contributed by atoms with Crippen molar-refractivity contribution < 1.29 is 19.1 Å². The van der Waals surface area contributed by atoms with Crippen molar-refractivity contribution in [1.82, 2.24) is 14.9 Å². The van der Waals surface area contributed by atoms with E-state index in [-0.39, 0.29) is 23.3 Å². The van der Waals surface area contributed by atoms with Gasteiger partial charge in [-0.05, 0) is 50.1 Å².